The van der Waals surface area contributed by atoms with Crippen molar-refractivity contribution in [2.24, 2.45) is 0 Å². The highest BCUT2D eigenvalue weighted by Crippen LogP contribution is 2.27. The number of aliphatic hydroxyl groups is 2. The molecule has 0 saturated carbocycles. The van der Waals surface area contributed by atoms with Crippen molar-refractivity contribution in [3.8, 4) is 5.75 Å². The van der Waals surface area contributed by atoms with Gasteiger partial charge in [0.15, 0.2) is 0 Å². The van der Waals surface area contributed by atoms with E-state index in [1.54, 1.807) is 12.1 Å². The summed E-state index contributed by atoms with van der Waals surface area (Å²) in [6.07, 6.45) is -0.0191. The van der Waals surface area contributed by atoms with Crippen LogP contribution < -0.4 is 10.1 Å². The van der Waals surface area contributed by atoms with Gasteiger partial charge in [0.1, 0.15) is 17.9 Å². The summed E-state index contributed by atoms with van der Waals surface area (Å²) in [6, 6.07) is 3.21. The van der Waals surface area contributed by atoms with E-state index in [1.807, 2.05) is 0 Å². The van der Waals surface area contributed by atoms with Crippen LogP contribution in [0.15, 0.2) is 34.3 Å². The fraction of sp³-hybridized carbons (Fsp3) is 0.476. The summed E-state index contributed by atoms with van der Waals surface area (Å²) in [7, 11) is 2.75. The number of methoxy groups -OCH3 is 2. The first-order chi connectivity index (χ1) is 14.8. The van der Waals surface area contributed by atoms with Crippen LogP contribution in [0, 0.1) is 0 Å². The van der Waals surface area contributed by atoms with E-state index in [9.17, 15) is 24.6 Å². The highest BCUT2D eigenvalue weighted by Gasteiger charge is 2.40. The van der Waals surface area contributed by atoms with E-state index in [1.165, 1.54) is 31.3 Å². The van der Waals surface area contributed by atoms with Crippen molar-refractivity contribution in [2.45, 2.75) is 43.6 Å². The number of halogens is 1. The first-order valence-electron chi connectivity index (χ1n) is 9.86. The zero-order chi connectivity index (χ0) is 22.7. The third-order valence-electron chi connectivity index (χ3n) is 5.55. The molecular weight excluding hydrogens is 472 g/mol. The molecule has 168 valence electrons. The maximum atomic E-state index is 13.0. The normalized spacial score (nSPS) is 25.6. The zero-order valence-electron chi connectivity index (χ0n) is 17.2. The standard InChI is InChI=1S/C21H25BrN2O7/c1-30-12-5-6-14(22)13(10-12)19(27)23-15-8-11(9-17(25)18(15)26)20(28)24-7-3-4-16(24)21(29)31-2/h5-6,8,10,15-18,25-26H,3-4,7,9H2,1-2H3,(H,23,27)/t15-,16+,17+,18+/m0/s1. The second-order valence-corrected chi connectivity index (χ2v) is 8.33. The van der Waals surface area contributed by atoms with Crippen LogP contribution >= 0.6 is 15.9 Å². The van der Waals surface area contributed by atoms with Gasteiger partial charge >= 0.3 is 5.97 Å². The average Bonchev–Trinajstić information content (AvgIpc) is 3.25. The van der Waals surface area contributed by atoms with Crippen molar-refractivity contribution in [2.75, 3.05) is 20.8 Å². The number of nitrogens with zero attached hydrogens (tertiary/aromatic N) is 1. The van der Waals surface area contributed by atoms with Gasteiger partial charge in [0.05, 0.1) is 31.9 Å². The molecule has 2 aliphatic rings. The molecule has 0 bridgehead atoms. The summed E-state index contributed by atoms with van der Waals surface area (Å²) in [4.78, 5) is 39.2. The summed E-state index contributed by atoms with van der Waals surface area (Å²) in [5, 5.41) is 23.4. The first-order valence-corrected chi connectivity index (χ1v) is 10.7. The first kappa shape index (κ1) is 23.2. The number of likely N-dealkylation sites (tertiary alicyclic amines) is 1. The van der Waals surface area contributed by atoms with Gasteiger partial charge in [-0.25, -0.2) is 4.79 Å². The third kappa shape index (κ3) is 4.91. The monoisotopic (exact) mass is 496 g/mol. The van der Waals surface area contributed by atoms with Crippen LogP contribution in [0.2, 0.25) is 0 Å². The van der Waals surface area contributed by atoms with Crippen LogP contribution in [0.1, 0.15) is 29.6 Å². The van der Waals surface area contributed by atoms with E-state index in [0.717, 1.165) is 0 Å². The van der Waals surface area contributed by atoms with Gasteiger partial charge in [-0.3, -0.25) is 9.59 Å². The van der Waals surface area contributed by atoms with Crippen molar-refractivity contribution in [3.63, 3.8) is 0 Å². The van der Waals surface area contributed by atoms with E-state index in [-0.39, 0.29) is 17.6 Å². The summed E-state index contributed by atoms with van der Waals surface area (Å²) < 4.78 is 10.4. The number of esters is 1. The molecule has 1 aromatic rings. The van der Waals surface area contributed by atoms with Gasteiger partial charge in [0, 0.05) is 23.0 Å². The lowest BCUT2D eigenvalue weighted by Gasteiger charge is -2.33. The lowest BCUT2D eigenvalue weighted by molar-refractivity contribution is -0.150. The van der Waals surface area contributed by atoms with Crippen molar-refractivity contribution in [1.29, 1.82) is 0 Å². The fourth-order valence-electron chi connectivity index (χ4n) is 3.86. The smallest absolute Gasteiger partial charge is 0.328 e. The van der Waals surface area contributed by atoms with Gasteiger partial charge < -0.3 is 29.9 Å². The van der Waals surface area contributed by atoms with Crippen molar-refractivity contribution in [3.05, 3.63) is 39.9 Å². The number of hydrogen-bond donors (Lipinski definition) is 3. The third-order valence-corrected chi connectivity index (χ3v) is 6.24. The predicted molar refractivity (Wildman–Crippen MR) is 113 cm³/mol. The van der Waals surface area contributed by atoms with Crippen LogP contribution in [0.3, 0.4) is 0 Å². The largest absolute Gasteiger partial charge is 0.497 e. The van der Waals surface area contributed by atoms with Crippen LogP contribution in [-0.4, -0.2) is 78.0 Å². The second-order valence-electron chi connectivity index (χ2n) is 7.48. The molecule has 1 heterocycles. The number of ether oxygens (including phenoxy) is 2. The van der Waals surface area contributed by atoms with Gasteiger partial charge in [0.25, 0.3) is 5.91 Å². The number of carbonyl (C=O) groups excluding carboxylic acids is 3. The van der Waals surface area contributed by atoms with E-state index >= 15 is 0 Å². The number of benzene rings is 1. The Kier molecular flexibility index (Phi) is 7.34. The molecule has 1 aliphatic carbocycles. The summed E-state index contributed by atoms with van der Waals surface area (Å²) in [5.41, 5.74) is 0.502. The molecule has 1 fully saturated rings. The van der Waals surface area contributed by atoms with E-state index < -0.39 is 42.1 Å². The fourth-order valence-corrected chi connectivity index (χ4v) is 4.29. The minimum atomic E-state index is -1.29. The highest BCUT2D eigenvalue weighted by molar-refractivity contribution is 9.10. The van der Waals surface area contributed by atoms with E-state index in [4.69, 9.17) is 9.47 Å². The Bertz CT molecular complexity index is 904. The SMILES string of the molecule is COC(=O)[C@H]1CCCN1C(=O)C1=C[C@H](NC(=O)c2cc(OC)ccc2Br)[C@@H](O)[C@H](O)C1. The minimum Gasteiger partial charge on any atom is -0.497 e. The summed E-state index contributed by atoms with van der Waals surface area (Å²) >= 11 is 3.31. The molecule has 1 saturated heterocycles. The Labute approximate surface area is 188 Å². The van der Waals surface area contributed by atoms with Crippen LogP contribution in [0.25, 0.3) is 0 Å². The summed E-state index contributed by atoms with van der Waals surface area (Å²) in [6.45, 7) is 0.391. The van der Waals surface area contributed by atoms with E-state index in [2.05, 4.69) is 21.2 Å². The van der Waals surface area contributed by atoms with Crippen molar-refractivity contribution >= 4 is 33.7 Å². The van der Waals surface area contributed by atoms with E-state index in [0.29, 0.717) is 29.6 Å². The zero-order valence-corrected chi connectivity index (χ0v) is 18.8. The van der Waals surface area contributed by atoms with Crippen LogP contribution in [0.4, 0.5) is 0 Å². The number of hydrogen-bond acceptors (Lipinski definition) is 7. The highest BCUT2D eigenvalue weighted by atomic mass is 79.9. The minimum absolute atomic E-state index is 0.0837. The molecular formula is C21H25BrN2O7. The van der Waals surface area contributed by atoms with Crippen molar-refractivity contribution < 1.29 is 34.1 Å². The quantitative estimate of drug-likeness (QED) is 0.514. The molecule has 1 aliphatic heterocycles. The van der Waals surface area contributed by atoms with Gasteiger partial charge in [-0.2, -0.15) is 0 Å². The predicted octanol–water partition coefficient (Wildman–Crippen LogP) is 0.772. The summed E-state index contributed by atoms with van der Waals surface area (Å²) in [5.74, 6) is -0.941. The number of carbonyl (C=O) groups is 3. The van der Waals surface area contributed by atoms with Gasteiger partial charge in [-0.15, -0.1) is 0 Å². The van der Waals surface area contributed by atoms with Gasteiger partial charge in [0.2, 0.25) is 5.91 Å². The molecule has 0 unspecified atom stereocenters. The lowest BCUT2D eigenvalue weighted by atomic mass is 9.89. The lowest BCUT2D eigenvalue weighted by Crippen LogP contribution is -2.51. The molecule has 0 radical (unpaired) electrons. The number of aliphatic hydroxyl groups excluding tert-OH is 2. The topological polar surface area (TPSA) is 125 Å². The molecule has 3 rings (SSSR count). The molecule has 2 amide bonds. The Morgan fingerprint density at radius 2 is 1.97 bits per heavy atom. The molecule has 31 heavy (non-hydrogen) atoms. The molecule has 10 heteroatoms. The van der Waals surface area contributed by atoms with Gasteiger partial charge in [-0.05, 0) is 47.0 Å². The Hall–Kier alpha value is -2.43. The molecule has 1 aromatic carbocycles. The van der Waals surface area contributed by atoms with Crippen LogP contribution in [-0.2, 0) is 14.3 Å². The average molecular weight is 497 g/mol. The van der Waals surface area contributed by atoms with Crippen LogP contribution in [0.5, 0.6) is 5.75 Å². The Morgan fingerprint density at radius 3 is 2.65 bits per heavy atom. The van der Waals surface area contributed by atoms with Crippen molar-refractivity contribution in [1.82, 2.24) is 10.2 Å². The molecule has 9 nitrogen and oxygen atoms in total. The maximum absolute atomic E-state index is 13.0. The molecule has 3 N–H and O–H groups in total. The Morgan fingerprint density at radius 1 is 1.23 bits per heavy atom. The van der Waals surface area contributed by atoms with Gasteiger partial charge in [-0.1, -0.05) is 6.08 Å². The molecule has 4 atom stereocenters. The second kappa shape index (κ2) is 9.80. The number of rotatable bonds is 5. The Balaban J connectivity index is 1.82. The number of amides is 2. The molecule has 0 spiro atoms. The molecule has 0 aromatic heterocycles. The maximum Gasteiger partial charge on any atom is 0.328 e. The number of nitrogens with one attached hydrogen (secondary N) is 1.